The van der Waals surface area contributed by atoms with Gasteiger partial charge >= 0.3 is 7.12 Å². The average Bonchev–Trinajstić information content (AvgIpc) is 2.17. The van der Waals surface area contributed by atoms with Crippen LogP contribution >= 0.6 is 0 Å². The van der Waals surface area contributed by atoms with Gasteiger partial charge < -0.3 is 19.5 Å². The number of hydrogen-bond donors (Lipinski definition) is 2. The molecule has 0 aromatic heterocycles. The summed E-state index contributed by atoms with van der Waals surface area (Å²) >= 11 is 0. The number of hydrogen-bond acceptors (Lipinski definition) is 5. The van der Waals surface area contributed by atoms with Crippen LogP contribution in [0.5, 0.6) is 11.5 Å². The summed E-state index contributed by atoms with van der Waals surface area (Å²) in [4.78, 5) is 10.1. The van der Waals surface area contributed by atoms with E-state index < -0.39 is 7.12 Å². The van der Waals surface area contributed by atoms with Crippen LogP contribution in [0.3, 0.4) is 0 Å². The third kappa shape index (κ3) is 2.24. The second-order valence-corrected chi connectivity index (χ2v) is 2.49. The third-order valence-corrected chi connectivity index (χ3v) is 1.67. The third-order valence-electron chi connectivity index (χ3n) is 1.67. The molecule has 0 radical (unpaired) electrons. The smallest absolute Gasteiger partial charge is 0.492 e. The van der Waals surface area contributed by atoms with Crippen molar-refractivity contribution in [3.63, 3.8) is 0 Å². The van der Waals surface area contributed by atoms with Crippen LogP contribution in [0.1, 0.15) is 0 Å². The summed E-state index contributed by atoms with van der Waals surface area (Å²) < 4.78 is 9.44. The zero-order valence-electron chi connectivity index (χ0n) is 7.51. The van der Waals surface area contributed by atoms with E-state index in [0.717, 1.165) is 0 Å². The molecule has 0 unspecified atom stereocenters. The predicted octanol–water partition coefficient (Wildman–Crippen LogP) is -1.09. The lowest BCUT2D eigenvalue weighted by atomic mass is 9.79. The Morgan fingerprint density at radius 3 is 2.64 bits per heavy atom. The molecular formula is C8H9BO5. The molecule has 0 fully saturated rings. The molecular weight excluding hydrogens is 187 g/mol. The minimum atomic E-state index is -1.68. The van der Waals surface area contributed by atoms with Crippen LogP contribution < -0.4 is 14.9 Å². The summed E-state index contributed by atoms with van der Waals surface area (Å²) in [6, 6.07) is 4.33. The van der Waals surface area contributed by atoms with E-state index in [4.69, 9.17) is 14.8 Å². The van der Waals surface area contributed by atoms with Gasteiger partial charge in [0.1, 0.15) is 11.5 Å². The van der Waals surface area contributed by atoms with Crippen molar-refractivity contribution in [3.8, 4) is 11.5 Å². The quantitative estimate of drug-likeness (QED) is 0.472. The molecule has 0 heterocycles. The van der Waals surface area contributed by atoms with E-state index in [1.165, 1.54) is 25.3 Å². The van der Waals surface area contributed by atoms with Crippen molar-refractivity contribution in [2.75, 3.05) is 7.11 Å². The highest BCUT2D eigenvalue weighted by molar-refractivity contribution is 6.59. The summed E-state index contributed by atoms with van der Waals surface area (Å²) in [6.07, 6.45) is 0. The number of ether oxygens (including phenoxy) is 2. The van der Waals surface area contributed by atoms with E-state index >= 15 is 0 Å². The molecule has 5 nitrogen and oxygen atoms in total. The van der Waals surface area contributed by atoms with E-state index in [1.54, 1.807) is 0 Å². The Morgan fingerprint density at radius 1 is 1.43 bits per heavy atom. The first-order valence-corrected chi connectivity index (χ1v) is 3.83. The van der Waals surface area contributed by atoms with Crippen molar-refractivity contribution in [2.45, 2.75) is 0 Å². The lowest BCUT2D eigenvalue weighted by Crippen LogP contribution is -2.31. The molecule has 0 atom stereocenters. The maximum atomic E-state index is 10.1. The molecule has 0 saturated heterocycles. The summed E-state index contributed by atoms with van der Waals surface area (Å²) in [5.41, 5.74) is 0.109. The Kier molecular flexibility index (Phi) is 3.50. The van der Waals surface area contributed by atoms with E-state index in [0.29, 0.717) is 5.75 Å². The zero-order valence-corrected chi connectivity index (χ0v) is 7.51. The minimum Gasteiger partial charge on any atom is -0.497 e. The van der Waals surface area contributed by atoms with Gasteiger partial charge in [-0.2, -0.15) is 0 Å². The van der Waals surface area contributed by atoms with Gasteiger partial charge in [-0.25, -0.2) is 0 Å². The highest BCUT2D eigenvalue weighted by Gasteiger charge is 2.17. The molecule has 14 heavy (non-hydrogen) atoms. The van der Waals surface area contributed by atoms with Crippen molar-refractivity contribution in [2.24, 2.45) is 0 Å². The Morgan fingerprint density at radius 2 is 2.14 bits per heavy atom. The van der Waals surface area contributed by atoms with Gasteiger partial charge in [0.15, 0.2) is 0 Å². The fourth-order valence-electron chi connectivity index (χ4n) is 1.01. The molecule has 0 bridgehead atoms. The average molecular weight is 196 g/mol. The first kappa shape index (κ1) is 10.6. The number of carbonyl (C=O) groups excluding carboxylic acids is 1. The molecule has 0 aliphatic rings. The Bertz CT molecular complexity index is 326. The molecule has 0 amide bonds. The van der Waals surface area contributed by atoms with Gasteiger partial charge in [0.05, 0.1) is 7.11 Å². The van der Waals surface area contributed by atoms with Crippen molar-refractivity contribution < 1.29 is 24.3 Å². The summed E-state index contributed by atoms with van der Waals surface area (Å²) in [7, 11) is -0.231. The highest BCUT2D eigenvalue weighted by Crippen LogP contribution is 2.16. The molecule has 0 saturated carbocycles. The van der Waals surface area contributed by atoms with Crippen molar-refractivity contribution >= 4 is 19.1 Å². The number of carbonyl (C=O) groups is 1. The fraction of sp³-hybridized carbons (Fsp3) is 0.125. The normalized spacial score (nSPS) is 9.36. The number of methoxy groups -OCH3 is 1. The van der Waals surface area contributed by atoms with Crippen LogP contribution in [-0.4, -0.2) is 30.7 Å². The van der Waals surface area contributed by atoms with Gasteiger partial charge in [-0.1, -0.05) is 6.07 Å². The molecule has 1 aromatic rings. The van der Waals surface area contributed by atoms with Gasteiger partial charge in [-0.05, 0) is 6.07 Å². The molecule has 74 valence electrons. The van der Waals surface area contributed by atoms with Gasteiger partial charge in [0.2, 0.25) is 0 Å². The topological polar surface area (TPSA) is 76.0 Å². The first-order chi connectivity index (χ1) is 6.69. The van der Waals surface area contributed by atoms with Crippen LogP contribution in [0.15, 0.2) is 18.2 Å². The molecule has 1 rings (SSSR count). The lowest BCUT2D eigenvalue weighted by Gasteiger charge is -2.07. The monoisotopic (exact) mass is 196 g/mol. The maximum absolute atomic E-state index is 10.1. The largest absolute Gasteiger partial charge is 0.497 e. The molecule has 0 spiro atoms. The SMILES string of the molecule is COc1ccc(B(O)O)c(OC=O)c1. The molecule has 6 heteroatoms. The lowest BCUT2D eigenvalue weighted by molar-refractivity contribution is -0.120. The standard InChI is InChI=1S/C8H9BO5/c1-13-6-2-3-7(9(11)12)8(4-6)14-5-10/h2-5,11-12H,1H3. The highest BCUT2D eigenvalue weighted by atomic mass is 16.5. The zero-order chi connectivity index (χ0) is 10.6. The molecule has 1 aromatic carbocycles. The molecule has 2 N–H and O–H groups in total. The number of benzene rings is 1. The Hall–Kier alpha value is -1.53. The molecule has 0 aliphatic carbocycles. The summed E-state index contributed by atoms with van der Waals surface area (Å²) in [5, 5.41) is 17.8. The number of rotatable bonds is 4. The van der Waals surface area contributed by atoms with Crippen LogP contribution in [0.2, 0.25) is 0 Å². The van der Waals surface area contributed by atoms with Crippen LogP contribution in [-0.2, 0) is 4.79 Å². The van der Waals surface area contributed by atoms with Crippen molar-refractivity contribution in [3.05, 3.63) is 18.2 Å². The maximum Gasteiger partial charge on any atom is 0.492 e. The van der Waals surface area contributed by atoms with Gasteiger partial charge in [0, 0.05) is 11.5 Å². The fourth-order valence-corrected chi connectivity index (χ4v) is 1.01. The van der Waals surface area contributed by atoms with Crippen LogP contribution in [0.4, 0.5) is 0 Å². The predicted molar refractivity (Wildman–Crippen MR) is 49.5 cm³/mol. The summed E-state index contributed by atoms with van der Waals surface area (Å²) in [5.74, 6) is 0.528. The van der Waals surface area contributed by atoms with Crippen LogP contribution in [0.25, 0.3) is 0 Å². The second kappa shape index (κ2) is 4.64. The summed E-state index contributed by atoms with van der Waals surface area (Å²) in [6.45, 7) is 0.209. The van der Waals surface area contributed by atoms with Gasteiger partial charge in [-0.3, -0.25) is 4.79 Å². The van der Waals surface area contributed by atoms with E-state index in [9.17, 15) is 4.79 Å². The van der Waals surface area contributed by atoms with Crippen LogP contribution in [0, 0.1) is 0 Å². The van der Waals surface area contributed by atoms with E-state index in [1.807, 2.05) is 0 Å². The van der Waals surface area contributed by atoms with Crippen molar-refractivity contribution in [1.29, 1.82) is 0 Å². The van der Waals surface area contributed by atoms with E-state index in [-0.39, 0.29) is 17.7 Å². The molecule has 0 aliphatic heterocycles. The Labute approximate surface area is 81.0 Å². The second-order valence-electron chi connectivity index (χ2n) is 2.49. The minimum absolute atomic E-state index is 0.0642. The van der Waals surface area contributed by atoms with Gasteiger partial charge in [0.25, 0.3) is 6.47 Å². The van der Waals surface area contributed by atoms with Crippen molar-refractivity contribution in [1.82, 2.24) is 0 Å². The first-order valence-electron chi connectivity index (χ1n) is 3.83. The van der Waals surface area contributed by atoms with E-state index in [2.05, 4.69) is 4.74 Å². The van der Waals surface area contributed by atoms with Gasteiger partial charge in [-0.15, -0.1) is 0 Å². The Balaban J connectivity index is 3.09.